The molecule has 0 bridgehead atoms. The number of methoxy groups -OCH3 is 2. The molecule has 0 atom stereocenters. The molecular formula is C36H37N5O5. The molecule has 0 aliphatic carbocycles. The van der Waals surface area contributed by atoms with Gasteiger partial charge in [0.05, 0.1) is 32.0 Å². The molecule has 1 heterocycles. The first kappa shape index (κ1) is 31.6. The van der Waals surface area contributed by atoms with Crippen LogP contribution < -0.4 is 35.9 Å². The minimum absolute atomic E-state index is 0.0223. The lowest BCUT2D eigenvalue weighted by Gasteiger charge is -2.23. The lowest BCUT2D eigenvalue weighted by Crippen LogP contribution is -2.22. The highest BCUT2D eigenvalue weighted by atomic mass is 16.5. The number of anilines is 4. The van der Waals surface area contributed by atoms with Crippen molar-refractivity contribution in [2.24, 2.45) is 5.73 Å². The molecule has 1 aromatic heterocycles. The van der Waals surface area contributed by atoms with E-state index in [9.17, 15) is 9.59 Å². The molecule has 0 radical (unpaired) electrons. The van der Waals surface area contributed by atoms with Gasteiger partial charge in [0.15, 0.2) is 0 Å². The van der Waals surface area contributed by atoms with E-state index in [1.165, 1.54) is 7.11 Å². The van der Waals surface area contributed by atoms with Crippen LogP contribution >= 0.6 is 0 Å². The number of nitrogens with zero attached hydrogens (tertiary/aromatic N) is 1. The van der Waals surface area contributed by atoms with E-state index >= 15 is 0 Å². The van der Waals surface area contributed by atoms with Crippen molar-refractivity contribution in [2.75, 3.05) is 30.2 Å². The van der Waals surface area contributed by atoms with Gasteiger partial charge >= 0.3 is 6.03 Å². The number of aromatic nitrogens is 1. The Kier molecular flexibility index (Phi) is 9.27. The first-order chi connectivity index (χ1) is 22.0. The van der Waals surface area contributed by atoms with Crippen LogP contribution in [0, 0.1) is 0 Å². The van der Waals surface area contributed by atoms with Gasteiger partial charge in [-0.05, 0) is 47.4 Å². The number of carbonyl (C=O) groups excluding carboxylic acids is 2. The quantitative estimate of drug-likeness (QED) is 0.125. The number of fused-ring (bicyclic) bond motifs is 1. The van der Waals surface area contributed by atoms with Gasteiger partial charge in [0.1, 0.15) is 28.8 Å². The van der Waals surface area contributed by atoms with Crippen LogP contribution in [0.5, 0.6) is 23.0 Å². The maximum absolute atomic E-state index is 13.4. The first-order valence-electron chi connectivity index (χ1n) is 14.7. The summed E-state index contributed by atoms with van der Waals surface area (Å²) in [4.78, 5) is 29.6. The SMILES string of the molecule is COc1cccc(Nc2cc(Oc3ccc(NC(=O)Nc4cc(C(C)(C)C)cc(CC(N)=O)c4OC)c4ccccc34)ccn2)c1. The predicted octanol–water partition coefficient (Wildman–Crippen LogP) is 7.76. The van der Waals surface area contributed by atoms with Crippen LogP contribution in [0.4, 0.5) is 27.7 Å². The number of ether oxygens (including phenoxy) is 3. The van der Waals surface area contributed by atoms with Gasteiger partial charge in [0.25, 0.3) is 0 Å². The maximum Gasteiger partial charge on any atom is 0.323 e. The second-order valence-electron chi connectivity index (χ2n) is 11.7. The topological polar surface area (TPSA) is 137 Å². The smallest absolute Gasteiger partial charge is 0.323 e. The molecule has 0 fully saturated rings. The normalized spacial score (nSPS) is 11.1. The highest BCUT2D eigenvalue weighted by molar-refractivity contribution is 6.08. The second kappa shape index (κ2) is 13.5. The van der Waals surface area contributed by atoms with Crippen molar-refractivity contribution in [2.45, 2.75) is 32.6 Å². The number of pyridine rings is 1. The van der Waals surface area contributed by atoms with E-state index in [1.54, 1.807) is 37.6 Å². The van der Waals surface area contributed by atoms with E-state index in [1.807, 2.05) is 81.4 Å². The van der Waals surface area contributed by atoms with E-state index in [4.69, 9.17) is 19.9 Å². The number of hydrogen-bond acceptors (Lipinski definition) is 7. The Bertz CT molecular complexity index is 1900. The summed E-state index contributed by atoms with van der Waals surface area (Å²) in [5.74, 6) is 2.42. The Morgan fingerprint density at radius 3 is 2.28 bits per heavy atom. The number of benzene rings is 4. The van der Waals surface area contributed by atoms with Crippen LogP contribution in [0.2, 0.25) is 0 Å². The fraction of sp³-hybridized carbons (Fsp3) is 0.194. The monoisotopic (exact) mass is 619 g/mol. The summed E-state index contributed by atoms with van der Waals surface area (Å²) in [6, 6.07) is 25.6. The molecule has 5 rings (SSSR count). The summed E-state index contributed by atoms with van der Waals surface area (Å²) in [6.45, 7) is 6.14. The van der Waals surface area contributed by atoms with Crippen LogP contribution in [0.1, 0.15) is 31.9 Å². The minimum atomic E-state index is -0.496. The summed E-state index contributed by atoms with van der Waals surface area (Å²) >= 11 is 0. The van der Waals surface area contributed by atoms with Gasteiger partial charge in [0.2, 0.25) is 5.91 Å². The van der Waals surface area contributed by atoms with Crippen LogP contribution in [0.25, 0.3) is 10.8 Å². The Labute approximate surface area is 267 Å². The number of carbonyl (C=O) groups is 2. The highest BCUT2D eigenvalue weighted by Crippen LogP contribution is 2.37. The summed E-state index contributed by atoms with van der Waals surface area (Å²) in [7, 11) is 3.11. The predicted molar refractivity (Wildman–Crippen MR) is 182 cm³/mol. The van der Waals surface area contributed by atoms with Gasteiger partial charge in [-0.1, -0.05) is 57.2 Å². The van der Waals surface area contributed by atoms with E-state index in [2.05, 4.69) is 20.9 Å². The molecule has 3 amide bonds. The zero-order chi connectivity index (χ0) is 32.8. The fourth-order valence-electron chi connectivity index (χ4n) is 5.04. The summed E-state index contributed by atoms with van der Waals surface area (Å²) in [5.41, 5.74) is 8.62. The number of nitrogens with two attached hydrogens (primary N) is 1. The van der Waals surface area contributed by atoms with E-state index < -0.39 is 11.9 Å². The molecule has 4 aromatic carbocycles. The van der Waals surface area contributed by atoms with Crippen molar-refractivity contribution < 1.29 is 23.8 Å². The Morgan fingerprint density at radius 2 is 1.57 bits per heavy atom. The molecule has 0 aliphatic rings. The Morgan fingerprint density at radius 1 is 0.804 bits per heavy atom. The maximum atomic E-state index is 13.4. The van der Waals surface area contributed by atoms with Crippen molar-refractivity contribution in [3.05, 3.63) is 102 Å². The summed E-state index contributed by atoms with van der Waals surface area (Å²) in [6.07, 6.45) is 1.64. The second-order valence-corrected chi connectivity index (χ2v) is 11.7. The van der Waals surface area contributed by atoms with Gasteiger partial charge in [0, 0.05) is 40.4 Å². The van der Waals surface area contributed by atoms with Gasteiger partial charge in [-0.25, -0.2) is 9.78 Å². The zero-order valence-corrected chi connectivity index (χ0v) is 26.4. The molecule has 0 aliphatic heterocycles. The molecule has 10 heteroatoms. The highest BCUT2D eigenvalue weighted by Gasteiger charge is 2.22. The average molecular weight is 620 g/mol. The molecule has 10 nitrogen and oxygen atoms in total. The largest absolute Gasteiger partial charge is 0.497 e. The van der Waals surface area contributed by atoms with Gasteiger partial charge < -0.3 is 35.9 Å². The van der Waals surface area contributed by atoms with Gasteiger partial charge in [-0.2, -0.15) is 0 Å². The van der Waals surface area contributed by atoms with Crippen molar-refractivity contribution in [3.8, 4) is 23.0 Å². The van der Waals surface area contributed by atoms with Crippen molar-refractivity contribution in [1.29, 1.82) is 0 Å². The van der Waals surface area contributed by atoms with Gasteiger partial charge in [-0.15, -0.1) is 0 Å². The lowest BCUT2D eigenvalue weighted by atomic mass is 9.85. The Hall–Kier alpha value is -5.77. The molecule has 0 spiro atoms. The molecule has 236 valence electrons. The van der Waals surface area contributed by atoms with Crippen LogP contribution in [0.15, 0.2) is 91.1 Å². The average Bonchev–Trinajstić information content (AvgIpc) is 3.01. The molecular weight excluding hydrogens is 582 g/mol. The molecule has 46 heavy (non-hydrogen) atoms. The lowest BCUT2D eigenvalue weighted by molar-refractivity contribution is -0.117. The fourth-order valence-corrected chi connectivity index (χ4v) is 5.04. The molecule has 0 unspecified atom stereocenters. The molecule has 5 aromatic rings. The number of urea groups is 1. The zero-order valence-electron chi connectivity index (χ0n) is 26.4. The third kappa shape index (κ3) is 7.47. The van der Waals surface area contributed by atoms with Crippen LogP contribution in [0.3, 0.4) is 0 Å². The van der Waals surface area contributed by atoms with E-state index in [0.717, 1.165) is 27.8 Å². The van der Waals surface area contributed by atoms with E-state index in [0.29, 0.717) is 40.0 Å². The molecule has 0 saturated carbocycles. The minimum Gasteiger partial charge on any atom is -0.497 e. The van der Waals surface area contributed by atoms with Crippen molar-refractivity contribution in [1.82, 2.24) is 4.98 Å². The van der Waals surface area contributed by atoms with Crippen molar-refractivity contribution >= 4 is 45.6 Å². The van der Waals surface area contributed by atoms with Crippen molar-refractivity contribution in [3.63, 3.8) is 0 Å². The molecule has 0 saturated heterocycles. The third-order valence-electron chi connectivity index (χ3n) is 7.28. The number of nitrogens with one attached hydrogen (secondary N) is 3. The number of rotatable bonds is 10. The molecule has 5 N–H and O–H groups in total. The van der Waals surface area contributed by atoms with Gasteiger partial charge in [-0.3, -0.25) is 4.79 Å². The van der Waals surface area contributed by atoms with Crippen LogP contribution in [-0.2, 0) is 16.6 Å². The summed E-state index contributed by atoms with van der Waals surface area (Å²) in [5, 5.41) is 10.7. The number of hydrogen-bond donors (Lipinski definition) is 4. The van der Waals surface area contributed by atoms with E-state index in [-0.39, 0.29) is 11.8 Å². The Balaban J connectivity index is 1.38. The first-order valence-corrected chi connectivity index (χ1v) is 14.7. The third-order valence-corrected chi connectivity index (χ3v) is 7.28. The summed E-state index contributed by atoms with van der Waals surface area (Å²) < 4.78 is 17.2. The standard InChI is InChI=1S/C36H37N5O5/c1-36(2,3)23-17-22(18-32(37)42)34(45-5)30(19-23)41-35(43)40-29-13-14-31(28-12-7-6-11-27(28)29)46-26-15-16-38-33(21-26)39-24-9-8-10-25(20-24)44-4/h6-17,19-21H,18H2,1-5H3,(H2,37,42)(H,38,39)(H2,40,41,43). The number of primary amides is 1. The van der Waals surface area contributed by atoms with Crippen LogP contribution in [-0.4, -0.2) is 31.1 Å². The number of amides is 3.